The molecule has 3 fully saturated rings. The molecule has 0 amide bonds. The smallest absolute Gasteiger partial charge is 0.313 e. The van der Waals surface area contributed by atoms with Crippen molar-refractivity contribution < 1.29 is 28.6 Å². The predicted molar refractivity (Wildman–Crippen MR) is 149 cm³/mol. The molecular weight excluding hydrogens is 505 g/mol. The van der Waals surface area contributed by atoms with Gasteiger partial charge in [0.2, 0.25) is 0 Å². The first kappa shape index (κ1) is 32.4. The van der Waals surface area contributed by atoms with Crippen LogP contribution in [0.1, 0.15) is 122 Å². The van der Waals surface area contributed by atoms with Crippen molar-refractivity contribution in [3.05, 3.63) is 0 Å². The number of rotatable bonds is 6. The Labute approximate surface area is 231 Å². The fourth-order valence-electron chi connectivity index (χ4n) is 7.48. The molecule has 0 aromatic rings. The molecule has 0 saturated carbocycles. The highest BCUT2D eigenvalue weighted by Crippen LogP contribution is 2.59. The van der Waals surface area contributed by atoms with Crippen molar-refractivity contribution in [2.24, 2.45) is 0 Å². The average Bonchev–Trinajstić information content (AvgIpc) is 2.66. The molecule has 10 heteroatoms. The minimum absolute atomic E-state index is 0.157. The molecule has 0 unspecified atom stereocenters. The molecule has 0 aliphatic carbocycles. The fourth-order valence-corrected chi connectivity index (χ4v) is 9.17. The van der Waals surface area contributed by atoms with Gasteiger partial charge in [-0.3, -0.25) is 18.5 Å². The van der Waals surface area contributed by atoms with Crippen LogP contribution in [0.3, 0.4) is 0 Å². The van der Waals surface area contributed by atoms with E-state index in [1.54, 1.807) is 0 Å². The number of phosphoric ester groups is 1. The summed E-state index contributed by atoms with van der Waals surface area (Å²) >= 11 is 0. The van der Waals surface area contributed by atoms with Gasteiger partial charge in [-0.15, -0.1) is 0 Å². The largest absolute Gasteiger partial charge is 0.475 e. The van der Waals surface area contributed by atoms with Crippen LogP contribution in [0.25, 0.3) is 0 Å². The molecule has 0 radical (unpaired) electrons. The van der Waals surface area contributed by atoms with Gasteiger partial charge in [-0.2, -0.15) is 10.1 Å². The van der Waals surface area contributed by atoms with Crippen molar-refractivity contribution in [1.29, 1.82) is 0 Å². The number of hydroxylamine groups is 4. The molecule has 3 saturated heterocycles. The summed E-state index contributed by atoms with van der Waals surface area (Å²) in [5, 5.41) is 24.4. The van der Waals surface area contributed by atoms with Gasteiger partial charge in [-0.05, 0) is 129 Å². The van der Waals surface area contributed by atoms with Gasteiger partial charge < -0.3 is 10.4 Å². The Morgan fingerprint density at radius 1 is 0.526 bits per heavy atom. The molecular formula is C28H56N3O6P. The second-order valence-corrected chi connectivity index (χ2v) is 17.4. The highest BCUT2D eigenvalue weighted by atomic mass is 31.2. The summed E-state index contributed by atoms with van der Waals surface area (Å²) in [5.74, 6) is 0. The van der Waals surface area contributed by atoms with E-state index in [1.165, 1.54) is 10.1 Å². The van der Waals surface area contributed by atoms with Crippen molar-refractivity contribution >= 4 is 7.82 Å². The van der Waals surface area contributed by atoms with Crippen LogP contribution in [0.5, 0.6) is 0 Å². The molecule has 0 aromatic heterocycles. The molecule has 9 nitrogen and oxygen atoms in total. The Balaban J connectivity index is 1.92. The van der Waals surface area contributed by atoms with Crippen LogP contribution in [0, 0.1) is 0 Å². The third-order valence-corrected chi connectivity index (χ3v) is 11.0. The summed E-state index contributed by atoms with van der Waals surface area (Å²) in [6.45, 7) is 24.4. The topological polar surface area (TPSA) is 94.9 Å². The van der Waals surface area contributed by atoms with Gasteiger partial charge in [0.15, 0.2) is 0 Å². The maximum absolute atomic E-state index is 14.7. The van der Waals surface area contributed by atoms with Crippen molar-refractivity contribution in [3.63, 3.8) is 0 Å². The van der Waals surface area contributed by atoms with Crippen molar-refractivity contribution in [3.8, 4) is 0 Å². The Hall–Kier alpha value is -0.0900. The number of phosphoric acid groups is 1. The lowest BCUT2D eigenvalue weighted by molar-refractivity contribution is -0.260. The molecule has 3 heterocycles. The van der Waals surface area contributed by atoms with Crippen molar-refractivity contribution in [2.75, 3.05) is 7.05 Å². The molecule has 3 aliphatic heterocycles. The predicted octanol–water partition coefficient (Wildman–Crippen LogP) is 6.62. The second-order valence-electron chi connectivity index (χ2n) is 15.9. The van der Waals surface area contributed by atoms with E-state index in [0.717, 1.165) is 0 Å². The first-order valence-electron chi connectivity index (χ1n) is 14.2. The van der Waals surface area contributed by atoms with Crippen LogP contribution in [-0.2, 0) is 18.1 Å². The Morgan fingerprint density at radius 2 is 0.737 bits per heavy atom. The van der Waals surface area contributed by atoms with Crippen molar-refractivity contribution in [1.82, 2.24) is 15.0 Å². The van der Waals surface area contributed by atoms with Gasteiger partial charge in [-0.1, -0.05) is 0 Å². The highest BCUT2D eigenvalue weighted by molar-refractivity contribution is 7.48. The first-order chi connectivity index (χ1) is 16.8. The van der Waals surface area contributed by atoms with Crippen LogP contribution < -0.4 is 0 Å². The number of likely N-dealkylation sites (tertiary alicyclic amines) is 1. The van der Waals surface area contributed by atoms with E-state index < -0.39 is 42.2 Å². The number of hydrogen-bond donors (Lipinski definition) is 2. The third-order valence-electron chi connectivity index (χ3n) is 9.31. The van der Waals surface area contributed by atoms with E-state index in [4.69, 9.17) is 13.6 Å². The van der Waals surface area contributed by atoms with E-state index in [0.29, 0.717) is 38.5 Å². The lowest BCUT2D eigenvalue weighted by Crippen LogP contribution is -2.61. The lowest BCUT2D eigenvalue weighted by atomic mass is 9.79. The summed E-state index contributed by atoms with van der Waals surface area (Å²) in [5.41, 5.74) is -2.59. The number of piperidine rings is 3. The molecule has 0 atom stereocenters. The van der Waals surface area contributed by atoms with E-state index in [-0.39, 0.29) is 17.2 Å². The van der Waals surface area contributed by atoms with E-state index in [9.17, 15) is 15.0 Å². The first-order valence-corrected chi connectivity index (χ1v) is 15.7. The fraction of sp³-hybridized carbons (Fsp3) is 1.00. The molecule has 38 heavy (non-hydrogen) atoms. The van der Waals surface area contributed by atoms with Gasteiger partial charge in [0.1, 0.15) is 0 Å². The molecule has 0 spiro atoms. The number of nitrogens with zero attached hydrogens (tertiary/aromatic N) is 3. The van der Waals surface area contributed by atoms with Crippen LogP contribution in [-0.4, -0.2) is 84.0 Å². The summed E-state index contributed by atoms with van der Waals surface area (Å²) in [6.07, 6.45) is 2.20. The summed E-state index contributed by atoms with van der Waals surface area (Å²) in [6, 6.07) is 0. The zero-order valence-electron chi connectivity index (χ0n) is 26.3. The minimum atomic E-state index is -4.04. The molecule has 224 valence electrons. The molecule has 2 N–H and O–H groups in total. The summed E-state index contributed by atoms with van der Waals surface area (Å²) in [4.78, 5) is 2.36. The second kappa shape index (κ2) is 10.0. The van der Waals surface area contributed by atoms with Crippen molar-refractivity contribution in [2.45, 2.75) is 173 Å². The van der Waals surface area contributed by atoms with E-state index in [1.807, 2.05) is 55.4 Å². The molecule has 0 aromatic carbocycles. The maximum Gasteiger partial charge on any atom is 0.475 e. The lowest BCUT2D eigenvalue weighted by Gasteiger charge is -2.54. The minimum Gasteiger partial charge on any atom is -0.313 e. The monoisotopic (exact) mass is 561 g/mol. The van der Waals surface area contributed by atoms with Gasteiger partial charge in [0.25, 0.3) is 0 Å². The summed E-state index contributed by atoms with van der Waals surface area (Å²) < 4.78 is 34.0. The Kier molecular flexibility index (Phi) is 8.55. The summed E-state index contributed by atoms with van der Waals surface area (Å²) in [7, 11) is -1.91. The SMILES string of the molecule is CN1C(C)(C)CC(OP(=O)(OC2CC(C)(C)N(O)C(C)(C)C2)OC2CC(C)(C)N(O)C(C)(C)C2)CC1(C)C. The van der Waals surface area contributed by atoms with Gasteiger partial charge in [-0.25, -0.2) is 4.57 Å². The van der Waals surface area contributed by atoms with Crippen LogP contribution >= 0.6 is 7.82 Å². The molecule has 0 bridgehead atoms. The van der Waals surface area contributed by atoms with Gasteiger partial charge in [0, 0.05) is 33.2 Å². The van der Waals surface area contributed by atoms with Crippen LogP contribution in [0.15, 0.2) is 0 Å². The molecule has 3 aliphatic rings. The number of hydrogen-bond acceptors (Lipinski definition) is 9. The van der Waals surface area contributed by atoms with Crippen LogP contribution in [0.4, 0.5) is 0 Å². The maximum atomic E-state index is 14.7. The average molecular weight is 562 g/mol. The Morgan fingerprint density at radius 3 is 0.974 bits per heavy atom. The zero-order chi connectivity index (χ0) is 29.3. The Bertz CT molecular complexity index is 750. The quantitative estimate of drug-likeness (QED) is 0.347. The van der Waals surface area contributed by atoms with E-state index >= 15 is 0 Å². The molecule has 3 rings (SSSR count). The van der Waals surface area contributed by atoms with Gasteiger partial charge >= 0.3 is 7.82 Å². The van der Waals surface area contributed by atoms with Crippen LogP contribution in [0.2, 0.25) is 0 Å². The normalized spacial score (nSPS) is 30.9. The highest BCUT2D eigenvalue weighted by Gasteiger charge is 2.53. The third kappa shape index (κ3) is 6.69. The van der Waals surface area contributed by atoms with E-state index in [2.05, 4.69) is 39.6 Å². The standard InChI is InChI=1S/C28H56N3O6P/c1-23(2)14-20(15-24(3,4)29(23)13)35-38(34,36-21-16-25(5,6)30(32)26(7,8)17-21)37-22-18-27(9,10)31(33)28(11,12)19-22/h20-22,32-33H,14-19H2,1-13H3. The zero-order valence-corrected chi connectivity index (χ0v) is 27.2. The van der Waals surface area contributed by atoms with Gasteiger partial charge in [0.05, 0.1) is 18.3 Å².